The molecule has 1 saturated carbocycles. The van der Waals surface area contributed by atoms with Crippen LogP contribution in [0.4, 0.5) is 13.2 Å². The van der Waals surface area contributed by atoms with E-state index in [4.69, 9.17) is 11.6 Å². The van der Waals surface area contributed by atoms with Crippen molar-refractivity contribution in [3.63, 3.8) is 0 Å². The van der Waals surface area contributed by atoms with Crippen LogP contribution in [0, 0.1) is 0 Å². The number of hydrogen-bond donors (Lipinski definition) is 1. The van der Waals surface area contributed by atoms with E-state index >= 15 is 0 Å². The van der Waals surface area contributed by atoms with Crippen molar-refractivity contribution in [2.24, 2.45) is 7.05 Å². The molecular formula is C21H27Cl2F3N6O3S. The highest BCUT2D eigenvalue weighted by molar-refractivity contribution is 7.89. The summed E-state index contributed by atoms with van der Waals surface area (Å²) in [7, 11) is -2.14. The Labute approximate surface area is 218 Å². The fraction of sp³-hybridized carbons (Fsp3) is 0.571. The van der Waals surface area contributed by atoms with Crippen molar-refractivity contribution in [1.29, 1.82) is 0 Å². The maximum atomic E-state index is 12.9. The topological polar surface area (TPSA) is 100 Å². The SMILES string of the molecule is Cl.Cn1cc(S(=O)(=O)N2CCN(C3(CNC(=O)c4ccc(C(F)(F)F)cc4Cl)CCCC3)CC2)nn1. The van der Waals surface area contributed by atoms with Crippen LogP contribution in [-0.4, -0.2) is 76.8 Å². The predicted molar refractivity (Wildman–Crippen MR) is 129 cm³/mol. The van der Waals surface area contributed by atoms with Gasteiger partial charge in [-0.3, -0.25) is 14.4 Å². The summed E-state index contributed by atoms with van der Waals surface area (Å²) in [4.78, 5) is 15.0. The second-order valence-electron chi connectivity index (χ2n) is 8.93. The van der Waals surface area contributed by atoms with E-state index in [1.54, 1.807) is 7.05 Å². The maximum absolute atomic E-state index is 12.9. The van der Waals surface area contributed by atoms with Crippen molar-refractivity contribution in [3.05, 3.63) is 40.5 Å². The van der Waals surface area contributed by atoms with Gasteiger partial charge in [0.1, 0.15) is 0 Å². The molecule has 4 rings (SSSR count). The molecule has 9 nitrogen and oxygen atoms in total. The van der Waals surface area contributed by atoms with E-state index in [0.717, 1.165) is 43.9 Å². The highest BCUT2D eigenvalue weighted by atomic mass is 35.5. The van der Waals surface area contributed by atoms with Crippen LogP contribution >= 0.6 is 24.0 Å². The largest absolute Gasteiger partial charge is 0.416 e. The standard InChI is InChI=1S/C21H26ClF3N6O3S.ClH/c1-29-13-18(27-28-29)35(33,34)31-10-8-30(9-11-31)20(6-2-3-7-20)14-26-19(32)16-5-4-15(12-17(16)22)21(23,24)25;/h4-5,12-13H,2-3,6-11,14H2,1H3,(H,26,32);1H. The van der Waals surface area contributed by atoms with E-state index in [1.165, 1.54) is 15.2 Å². The maximum Gasteiger partial charge on any atom is 0.416 e. The van der Waals surface area contributed by atoms with Gasteiger partial charge in [-0.25, -0.2) is 8.42 Å². The normalized spacial score (nSPS) is 19.1. The Hall–Kier alpha value is -1.93. The van der Waals surface area contributed by atoms with Crippen LogP contribution in [0.15, 0.2) is 29.4 Å². The lowest BCUT2D eigenvalue weighted by atomic mass is 9.93. The van der Waals surface area contributed by atoms with Gasteiger partial charge in [-0.05, 0) is 31.0 Å². The van der Waals surface area contributed by atoms with Crippen LogP contribution in [0.2, 0.25) is 5.02 Å². The van der Waals surface area contributed by atoms with Gasteiger partial charge >= 0.3 is 6.18 Å². The van der Waals surface area contributed by atoms with Crippen LogP contribution < -0.4 is 5.32 Å². The third-order valence-electron chi connectivity index (χ3n) is 6.75. The second-order valence-corrected chi connectivity index (χ2v) is 11.2. The Bertz CT molecular complexity index is 1190. The van der Waals surface area contributed by atoms with Gasteiger partial charge in [0.25, 0.3) is 15.9 Å². The lowest BCUT2D eigenvalue weighted by Gasteiger charge is -2.45. The number of carbonyl (C=O) groups is 1. The Morgan fingerprint density at radius 2 is 1.81 bits per heavy atom. The Morgan fingerprint density at radius 1 is 1.17 bits per heavy atom. The zero-order valence-corrected chi connectivity index (χ0v) is 21.9. The van der Waals surface area contributed by atoms with E-state index in [2.05, 4.69) is 20.5 Å². The van der Waals surface area contributed by atoms with Crippen molar-refractivity contribution in [2.75, 3.05) is 32.7 Å². The second kappa shape index (κ2) is 10.8. The van der Waals surface area contributed by atoms with E-state index in [1.807, 2.05) is 0 Å². The minimum atomic E-state index is -4.55. The zero-order valence-electron chi connectivity index (χ0n) is 19.5. The minimum absolute atomic E-state index is 0. The number of alkyl halides is 3. The number of amides is 1. The van der Waals surface area contributed by atoms with Crippen molar-refractivity contribution in [2.45, 2.75) is 42.4 Å². The summed E-state index contributed by atoms with van der Waals surface area (Å²) in [6.07, 6.45) is 0.400. The summed E-state index contributed by atoms with van der Waals surface area (Å²) in [6, 6.07) is 2.67. The van der Waals surface area contributed by atoms with Gasteiger partial charge in [0.2, 0.25) is 5.03 Å². The number of halogens is 5. The number of piperazine rings is 1. The van der Waals surface area contributed by atoms with E-state index in [-0.39, 0.29) is 46.6 Å². The molecule has 2 fully saturated rings. The van der Waals surface area contributed by atoms with Crippen molar-refractivity contribution >= 4 is 39.9 Å². The van der Waals surface area contributed by atoms with Crippen LogP contribution in [0.3, 0.4) is 0 Å². The molecule has 1 N–H and O–H groups in total. The van der Waals surface area contributed by atoms with Gasteiger partial charge < -0.3 is 5.32 Å². The Balaban J connectivity index is 0.00000361. The summed E-state index contributed by atoms with van der Waals surface area (Å²) < 4.78 is 67.1. The molecule has 0 unspecified atom stereocenters. The Morgan fingerprint density at radius 3 is 2.33 bits per heavy atom. The molecule has 1 aromatic carbocycles. The van der Waals surface area contributed by atoms with Gasteiger partial charge in [-0.1, -0.05) is 29.7 Å². The first-order valence-corrected chi connectivity index (χ1v) is 13.0. The highest BCUT2D eigenvalue weighted by Gasteiger charge is 2.43. The molecule has 0 radical (unpaired) electrons. The summed E-state index contributed by atoms with van der Waals surface area (Å²) in [5, 5.41) is 9.92. The number of rotatable bonds is 6. The number of hydrogen-bond acceptors (Lipinski definition) is 6. The van der Waals surface area contributed by atoms with Gasteiger partial charge in [0.15, 0.2) is 0 Å². The lowest BCUT2D eigenvalue weighted by molar-refractivity contribution is -0.137. The van der Waals surface area contributed by atoms with Gasteiger partial charge in [0, 0.05) is 45.3 Å². The molecule has 2 aliphatic rings. The monoisotopic (exact) mass is 570 g/mol. The smallest absolute Gasteiger partial charge is 0.350 e. The molecule has 0 spiro atoms. The van der Waals surface area contributed by atoms with E-state index in [0.29, 0.717) is 19.6 Å². The van der Waals surface area contributed by atoms with Crippen LogP contribution in [-0.2, 0) is 23.2 Å². The average molecular weight is 571 g/mol. The van der Waals surface area contributed by atoms with Crippen LogP contribution in [0.1, 0.15) is 41.6 Å². The summed E-state index contributed by atoms with van der Waals surface area (Å²) in [6.45, 7) is 1.81. The third kappa shape index (κ3) is 5.80. The molecule has 15 heteroatoms. The summed E-state index contributed by atoms with van der Waals surface area (Å²) >= 11 is 5.98. The van der Waals surface area contributed by atoms with Crippen LogP contribution in [0.5, 0.6) is 0 Å². The van der Waals surface area contributed by atoms with Gasteiger partial charge in [-0.2, -0.15) is 17.5 Å². The molecule has 2 aromatic rings. The lowest BCUT2D eigenvalue weighted by Crippen LogP contribution is -2.60. The molecule has 2 heterocycles. The van der Waals surface area contributed by atoms with Crippen LogP contribution in [0.25, 0.3) is 0 Å². The van der Waals surface area contributed by atoms with E-state index in [9.17, 15) is 26.4 Å². The number of nitrogens with zero attached hydrogens (tertiary/aromatic N) is 5. The molecule has 1 amide bonds. The first-order valence-electron chi connectivity index (χ1n) is 11.2. The minimum Gasteiger partial charge on any atom is -0.350 e. The molecule has 1 aliphatic carbocycles. The molecule has 0 bridgehead atoms. The molecule has 1 aromatic heterocycles. The number of benzene rings is 1. The molecule has 200 valence electrons. The molecular weight excluding hydrogens is 544 g/mol. The van der Waals surface area contributed by atoms with Crippen molar-refractivity contribution in [1.82, 2.24) is 29.5 Å². The zero-order chi connectivity index (χ0) is 25.4. The third-order valence-corrected chi connectivity index (χ3v) is 8.82. The summed E-state index contributed by atoms with van der Waals surface area (Å²) in [5.41, 5.74) is -1.29. The first-order chi connectivity index (χ1) is 16.4. The van der Waals surface area contributed by atoms with Gasteiger partial charge in [-0.15, -0.1) is 17.5 Å². The molecule has 1 saturated heterocycles. The molecule has 0 atom stereocenters. The molecule has 1 aliphatic heterocycles. The predicted octanol–water partition coefficient (Wildman–Crippen LogP) is 2.96. The van der Waals surface area contributed by atoms with Crippen molar-refractivity contribution in [3.8, 4) is 0 Å². The van der Waals surface area contributed by atoms with Crippen molar-refractivity contribution < 1.29 is 26.4 Å². The number of sulfonamides is 1. The highest BCUT2D eigenvalue weighted by Crippen LogP contribution is 2.36. The number of carbonyl (C=O) groups excluding carboxylic acids is 1. The number of nitrogens with one attached hydrogen (secondary N) is 1. The van der Waals surface area contributed by atoms with E-state index < -0.39 is 27.7 Å². The Kier molecular flexibility index (Phi) is 8.61. The number of aromatic nitrogens is 3. The first kappa shape index (κ1) is 28.6. The quantitative estimate of drug-likeness (QED) is 0.573. The fourth-order valence-electron chi connectivity index (χ4n) is 4.83. The summed E-state index contributed by atoms with van der Waals surface area (Å²) in [5.74, 6) is -0.543. The van der Waals surface area contributed by atoms with Gasteiger partial charge in [0.05, 0.1) is 22.3 Å². The number of aryl methyl sites for hydroxylation is 1. The molecule has 36 heavy (non-hydrogen) atoms. The fourth-order valence-corrected chi connectivity index (χ4v) is 6.43. The average Bonchev–Trinajstić information content (AvgIpc) is 3.47.